The second kappa shape index (κ2) is 68.1. The first-order valence-corrected chi connectivity index (χ1v) is 39.4. The van der Waals surface area contributed by atoms with Crippen LogP contribution >= 0.6 is 0 Å². The Balaban J connectivity index is 0.0000378. The van der Waals surface area contributed by atoms with Gasteiger partial charge in [0, 0.05) is 16.5 Å². The molecule has 2 rings (SSSR count). The van der Waals surface area contributed by atoms with Gasteiger partial charge in [0.25, 0.3) is 0 Å². The van der Waals surface area contributed by atoms with Crippen LogP contribution in [0.25, 0.3) is 12.2 Å². The van der Waals surface area contributed by atoms with Crippen molar-refractivity contribution in [3.63, 3.8) is 0 Å². The van der Waals surface area contributed by atoms with Gasteiger partial charge in [0.1, 0.15) is 0 Å². The Morgan fingerprint density at radius 1 is 0.230 bits per heavy atom. The van der Waals surface area contributed by atoms with Crippen LogP contribution in [0.2, 0.25) is 0 Å². The maximum Gasteiger partial charge on any atom is 0.0634 e. The monoisotopic (exact) mass is 1240 g/mol. The smallest absolute Gasteiger partial charge is 0.0634 e. The molecule has 2 aromatic carbocycles. The third kappa shape index (κ3) is 56.3. The van der Waals surface area contributed by atoms with Crippen LogP contribution in [-0.4, -0.2) is 11.4 Å². The first kappa shape index (κ1) is 82.8. The van der Waals surface area contributed by atoms with Crippen molar-refractivity contribution in [3.8, 4) is 0 Å². The molecular weight excluding hydrogens is 1100 g/mol. The third-order valence-electron chi connectivity index (χ3n) is 18.8. The molecule has 0 amide bonds. The molecule has 504 valence electrons. The van der Waals surface area contributed by atoms with E-state index >= 15 is 0 Å². The predicted molar refractivity (Wildman–Crippen MR) is 394 cm³/mol. The molecule has 3 heteroatoms. The van der Waals surface area contributed by atoms with Gasteiger partial charge >= 0.3 is 0 Å². The van der Waals surface area contributed by atoms with Crippen molar-refractivity contribution in [2.75, 3.05) is 0 Å². The van der Waals surface area contributed by atoms with Crippen LogP contribution < -0.4 is 0 Å². The van der Waals surface area contributed by atoms with E-state index in [-0.39, 0.29) is 16.5 Å². The van der Waals surface area contributed by atoms with Crippen LogP contribution in [0.1, 0.15) is 437 Å². The van der Waals surface area contributed by atoms with Gasteiger partial charge < -0.3 is 0 Å². The summed E-state index contributed by atoms with van der Waals surface area (Å²) in [6.07, 6.45) is 96.1. The molecule has 0 heterocycles. The number of hydrogen-bond donors (Lipinski definition) is 0. The van der Waals surface area contributed by atoms with E-state index in [9.17, 15) is 0 Å². The molecule has 0 saturated heterocycles. The first-order valence-electron chi connectivity index (χ1n) is 39.4. The summed E-state index contributed by atoms with van der Waals surface area (Å²) in [6, 6.07) is 17.9. The fraction of sp³-hybridized carbons (Fsp3) is 0.786. The summed E-state index contributed by atoms with van der Waals surface area (Å²) in [5, 5.41) is 0. The summed E-state index contributed by atoms with van der Waals surface area (Å²) < 4.78 is 0. The van der Waals surface area contributed by atoms with E-state index in [1.165, 1.54) is 395 Å². The Kier molecular flexibility index (Phi) is 64.8. The summed E-state index contributed by atoms with van der Waals surface area (Å²) in [6.45, 7) is 9.23. The minimum Gasteiger partial charge on any atom is -0.252 e. The second-order valence-corrected chi connectivity index (χ2v) is 27.3. The molecule has 0 bridgehead atoms. The average Bonchev–Trinajstić information content (AvgIpc) is 3.71. The minimum atomic E-state index is 0. The largest absolute Gasteiger partial charge is 0.252 e. The molecule has 0 aliphatic carbocycles. The van der Waals surface area contributed by atoms with Gasteiger partial charge in [0.2, 0.25) is 0 Å². The van der Waals surface area contributed by atoms with Crippen molar-refractivity contribution in [1.29, 1.82) is 0 Å². The average molecular weight is 1240 g/mol. The van der Waals surface area contributed by atoms with Gasteiger partial charge in [-0.3, -0.25) is 9.98 Å². The normalized spacial score (nSPS) is 12.2. The second-order valence-electron chi connectivity index (χ2n) is 27.3. The Bertz CT molecular complexity index is 1790. The van der Waals surface area contributed by atoms with Crippen LogP contribution in [0.3, 0.4) is 0 Å². The molecular formula is C84H148N2Ni. The summed E-state index contributed by atoms with van der Waals surface area (Å²) in [4.78, 5) is 10.7. The van der Waals surface area contributed by atoms with Crippen molar-refractivity contribution >= 4 is 35.0 Å². The van der Waals surface area contributed by atoms with E-state index in [0.717, 1.165) is 37.1 Å². The Morgan fingerprint density at radius 2 is 0.414 bits per heavy atom. The first-order chi connectivity index (χ1) is 42.7. The van der Waals surface area contributed by atoms with E-state index in [1.54, 1.807) is 0 Å². The van der Waals surface area contributed by atoms with Gasteiger partial charge in [-0.1, -0.05) is 423 Å². The van der Waals surface area contributed by atoms with Gasteiger partial charge in [-0.2, -0.15) is 0 Å². The molecule has 0 aliphatic rings. The molecule has 0 N–H and O–H groups in total. The zero-order chi connectivity index (χ0) is 61.2. The van der Waals surface area contributed by atoms with E-state index in [1.807, 2.05) is 0 Å². The predicted octanol–water partition coefficient (Wildman–Crippen LogP) is 30.8. The van der Waals surface area contributed by atoms with Crippen molar-refractivity contribution in [3.05, 3.63) is 71.8 Å². The van der Waals surface area contributed by atoms with Gasteiger partial charge in [-0.15, -0.1) is 0 Å². The third-order valence-corrected chi connectivity index (χ3v) is 18.8. The maximum absolute atomic E-state index is 5.38. The van der Waals surface area contributed by atoms with Crippen LogP contribution in [0, 0.1) is 0 Å². The Hall–Kier alpha value is -2.25. The van der Waals surface area contributed by atoms with Gasteiger partial charge in [-0.05, 0) is 86.8 Å². The Morgan fingerprint density at radius 3 is 0.632 bits per heavy atom. The molecule has 0 radical (unpaired) electrons. The van der Waals surface area contributed by atoms with Gasteiger partial charge in [0.15, 0.2) is 0 Å². The van der Waals surface area contributed by atoms with Crippen molar-refractivity contribution < 1.29 is 16.5 Å². The molecule has 2 nitrogen and oxygen atoms in total. The molecule has 2 aromatic rings. The maximum atomic E-state index is 5.38. The number of unbranched alkanes of at least 4 members (excludes halogenated alkanes) is 56. The molecule has 0 saturated carbocycles. The van der Waals surface area contributed by atoms with E-state index in [2.05, 4.69) is 101 Å². The van der Waals surface area contributed by atoms with E-state index in [4.69, 9.17) is 9.98 Å². The SMILES string of the molecule is CCCCCCCCCCCCCCCCCCCCCCCCCCCC=Cc1ccc(N=C(CCCC)C(CCCCCCCC)=Nc2ccc(C=CCCCCCCCCCCCCCCCCCCCCCCCCCCC)cc2)cc1.[Ni]. The molecule has 0 unspecified atom stereocenters. The molecule has 0 spiro atoms. The van der Waals surface area contributed by atoms with Crippen LogP contribution in [-0.2, 0) is 16.5 Å². The van der Waals surface area contributed by atoms with Crippen LogP contribution in [0.15, 0.2) is 70.7 Å². The fourth-order valence-electron chi connectivity index (χ4n) is 12.8. The zero-order valence-electron chi connectivity index (χ0n) is 59.0. The fourth-order valence-corrected chi connectivity index (χ4v) is 12.8. The van der Waals surface area contributed by atoms with Crippen molar-refractivity contribution in [1.82, 2.24) is 0 Å². The molecule has 0 aromatic heterocycles. The topological polar surface area (TPSA) is 24.7 Å². The van der Waals surface area contributed by atoms with Crippen molar-refractivity contribution in [2.45, 2.75) is 426 Å². The zero-order valence-corrected chi connectivity index (χ0v) is 60.0. The summed E-state index contributed by atoms with van der Waals surface area (Å²) in [7, 11) is 0. The number of nitrogens with zero attached hydrogens (tertiary/aromatic N) is 2. The summed E-state index contributed by atoms with van der Waals surface area (Å²) in [5.41, 5.74) is 7.03. The summed E-state index contributed by atoms with van der Waals surface area (Å²) >= 11 is 0. The number of hydrogen-bond acceptors (Lipinski definition) is 2. The van der Waals surface area contributed by atoms with Crippen LogP contribution in [0.4, 0.5) is 11.4 Å². The number of aliphatic imine (C=N–C) groups is 2. The van der Waals surface area contributed by atoms with Gasteiger partial charge in [-0.25, -0.2) is 0 Å². The minimum absolute atomic E-state index is 0. The molecule has 87 heavy (non-hydrogen) atoms. The quantitative estimate of drug-likeness (QED) is 0.0358. The molecule has 0 aliphatic heterocycles. The van der Waals surface area contributed by atoms with Crippen LogP contribution in [0.5, 0.6) is 0 Å². The number of allylic oxidation sites excluding steroid dienone is 2. The number of benzene rings is 2. The van der Waals surface area contributed by atoms with E-state index in [0.29, 0.717) is 0 Å². The number of rotatable bonds is 67. The van der Waals surface area contributed by atoms with Crippen molar-refractivity contribution in [2.24, 2.45) is 9.98 Å². The molecule has 0 fully saturated rings. The Labute approximate surface area is 555 Å². The summed E-state index contributed by atoms with van der Waals surface area (Å²) in [5.74, 6) is 0. The standard InChI is InChI=1S/C84H148N2.Ni/c1-5-9-13-16-19-21-23-25-27-29-31-33-35-37-39-41-43-45-47-49-51-53-55-57-59-61-64-67-79-71-75-81(76-72-79)85-83(69-12-8-4)84(70-66-63-18-15-11-7-3)86-82-77-73-80(74-78-82)68-65-62-60-58-56-54-52-50-48-46-44-42-40-38-36-34-32-30-28-26-24-22-20-17-14-10-6-2;/h64-65,67-68,71-78H,5-63,66,69-70H2,1-4H3;. The van der Waals surface area contributed by atoms with Gasteiger partial charge in [0.05, 0.1) is 22.8 Å². The molecule has 0 atom stereocenters. The van der Waals surface area contributed by atoms with E-state index < -0.39 is 0 Å².